The molecule has 1 atom stereocenters. The van der Waals surface area contributed by atoms with Gasteiger partial charge in [-0.25, -0.2) is 9.78 Å². The zero-order valence-corrected chi connectivity index (χ0v) is 11.4. The fourth-order valence-electron chi connectivity index (χ4n) is 2.46. The van der Waals surface area contributed by atoms with Crippen molar-refractivity contribution in [2.45, 2.75) is 12.8 Å². The van der Waals surface area contributed by atoms with Gasteiger partial charge in [0.15, 0.2) is 0 Å². The van der Waals surface area contributed by atoms with Crippen LogP contribution in [-0.4, -0.2) is 40.7 Å². The Balaban J connectivity index is 2.05. The van der Waals surface area contributed by atoms with Gasteiger partial charge in [0.05, 0.1) is 4.92 Å². The Bertz CT molecular complexity index is 550. The van der Waals surface area contributed by atoms with Gasteiger partial charge in [0.2, 0.25) is 5.82 Å². The summed E-state index contributed by atoms with van der Waals surface area (Å²) in [6, 6.07) is 2.91. The maximum atomic E-state index is 10.7. The van der Waals surface area contributed by atoms with Crippen molar-refractivity contribution in [2.75, 3.05) is 30.3 Å². The Morgan fingerprint density at radius 2 is 2.38 bits per heavy atom. The highest BCUT2D eigenvalue weighted by Gasteiger charge is 2.23. The van der Waals surface area contributed by atoms with Crippen LogP contribution in [0.25, 0.3) is 0 Å². The van der Waals surface area contributed by atoms with Crippen LogP contribution < -0.4 is 16.0 Å². The molecule has 9 nitrogen and oxygen atoms in total. The molecule has 1 aromatic heterocycles. The molecule has 1 amide bonds. The summed E-state index contributed by atoms with van der Waals surface area (Å²) < 4.78 is 0. The molecule has 0 saturated carbocycles. The third kappa shape index (κ3) is 3.71. The van der Waals surface area contributed by atoms with Gasteiger partial charge >= 0.3 is 11.8 Å². The van der Waals surface area contributed by atoms with Gasteiger partial charge in [-0.05, 0) is 24.8 Å². The molecular weight excluding hydrogens is 278 g/mol. The number of hydrogen-bond donors (Lipinski definition) is 3. The minimum atomic E-state index is -1.04. The third-order valence-corrected chi connectivity index (χ3v) is 3.47. The maximum Gasteiger partial charge on any atom is 0.404 e. The Hall–Kier alpha value is -2.58. The van der Waals surface area contributed by atoms with Crippen molar-refractivity contribution in [3.8, 4) is 0 Å². The van der Waals surface area contributed by atoms with Crippen LogP contribution in [0.1, 0.15) is 12.8 Å². The molecule has 0 bridgehead atoms. The number of anilines is 2. The minimum absolute atomic E-state index is 0.108. The Kier molecular flexibility index (Phi) is 4.41. The van der Waals surface area contributed by atoms with Gasteiger partial charge < -0.3 is 21.1 Å². The lowest BCUT2D eigenvalue weighted by molar-refractivity contribution is -0.384. The first-order valence-corrected chi connectivity index (χ1v) is 6.60. The number of pyridine rings is 1. The Morgan fingerprint density at radius 1 is 1.62 bits per heavy atom. The summed E-state index contributed by atoms with van der Waals surface area (Å²) in [6.45, 7) is 1.80. The van der Waals surface area contributed by atoms with Gasteiger partial charge in [0.1, 0.15) is 5.82 Å². The summed E-state index contributed by atoms with van der Waals surface area (Å²) >= 11 is 0. The number of carboxylic acid groups (broad SMARTS) is 1. The predicted molar refractivity (Wildman–Crippen MR) is 76.3 cm³/mol. The largest absolute Gasteiger partial charge is 0.465 e. The number of nitrogens with one attached hydrogen (secondary N) is 1. The van der Waals surface area contributed by atoms with Crippen LogP contribution in [0, 0.1) is 16.0 Å². The molecule has 4 N–H and O–H groups in total. The predicted octanol–water partition coefficient (Wildman–Crippen LogP) is 1.06. The molecule has 114 valence electrons. The molecule has 1 fully saturated rings. The van der Waals surface area contributed by atoms with E-state index in [0.717, 1.165) is 19.4 Å². The highest BCUT2D eigenvalue weighted by atomic mass is 16.6. The quantitative estimate of drug-likeness (QED) is 0.558. The number of piperidine rings is 1. The van der Waals surface area contributed by atoms with Crippen LogP contribution in [0.3, 0.4) is 0 Å². The Morgan fingerprint density at radius 3 is 3.00 bits per heavy atom. The number of hydrogen-bond acceptors (Lipinski definition) is 6. The fraction of sp³-hybridized carbons (Fsp3) is 0.500. The summed E-state index contributed by atoms with van der Waals surface area (Å²) in [5.74, 6) is 0.662. The van der Waals surface area contributed by atoms with Crippen molar-refractivity contribution >= 4 is 23.4 Å². The van der Waals surface area contributed by atoms with Gasteiger partial charge in [0, 0.05) is 25.7 Å². The average molecular weight is 295 g/mol. The molecule has 1 saturated heterocycles. The van der Waals surface area contributed by atoms with Crippen LogP contribution in [0.2, 0.25) is 0 Å². The van der Waals surface area contributed by atoms with E-state index >= 15 is 0 Å². The second-order valence-electron chi connectivity index (χ2n) is 4.97. The van der Waals surface area contributed by atoms with E-state index in [4.69, 9.17) is 10.8 Å². The van der Waals surface area contributed by atoms with E-state index in [1.807, 2.05) is 4.90 Å². The monoisotopic (exact) mass is 295 g/mol. The second kappa shape index (κ2) is 6.25. The molecule has 9 heteroatoms. The molecule has 1 aliphatic rings. The summed E-state index contributed by atoms with van der Waals surface area (Å²) in [4.78, 5) is 26.7. The molecule has 0 aliphatic carbocycles. The van der Waals surface area contributed by atoms with Crippen molar-refractivity contribution < 1.29 is 14.8 Å². The number of nitrogens with zero attached hydrogens (tertiary/aromatic N) is 3. The average Bonchev–Trinajstić information content (AvgIpc) is 2.45. The van der Waals surface area contributed by atoms with E-state index in [-0.39, 0.29) is 17.4 Å². The second-order valence-corrected chi connectivity index (χ2v) is 4.97. The van der Waals surface area contributed by atoms with Gasteiger partial charge in [0.25, 0.3) is 0 Å². The van der Waals surface area contributed by atoms with Crippen molar-refractivity contribution in [2.24, 2.45) is 5.92 Å². The summed E-state index contributed by atoms with van der Waals surface area (Å²) in [5.41, 5.74) is 5.38. The molecule has 0 aromatic carbocycles. The van der Waals surface area contributed by atoms with Crippen molar-refractivity contribution in [3.63, 3.8) is 0 Å². The van der Waals surface area contributed by atoms with Crippen LogP contribution in [-0.2, 0) is 0 Å². The van der Waals surface area contributed by atoms with E-state index in [1.54, 1.807) is 6.07 Å². The zero-order valence-electron chi connectivity index (χ0n) is 11.4. The van der Waals surface area contributed by atoms with Gasteiger partial charge in [-0.2, -0.15) is 0 Å². The highest BCUT2D eigenvalue weighted by Crippen LogP contribution is 2.26. The van der Waals surface area contributed by atoms with Gasteiger partial charge in [-0.15, -0.1) is 0 Å². The molecule has 1 aromatic rings. The summed E-state index contributed by atoms with van der Waals surface area (Å²) in [6.07, 6.45) is 0.800. The smallest absolute Gasteiger partial charge is 0.404 e. The Labute approximate surface area is 120 Å². The molecule has 21 heavy (non-hydrogen) atoms. The van der Waals surface area contributed by atoms with Crippen LogP contribution >= 0.6 is 0 Å². The number of nitro groups is 1. The lowest BCUT2D eigenvalue weighted by atomic mass is 9.98. The minimum Gasteiger partial charge on any atom is -0.465 e. The molecule has 2 rings (SSSR count). The number of nitrogens with two attached hydrogens (primary N) is 1. The van der Waals surface area contributed by atoms with Crippen LogP contribution in [0.15, 0.2) is 12.1 Å². The number of rotatable bonds is 4. The zero-order chi connectivity index (χ0) is 15.4. The highest BCUT2D eigenvalue weighted by molar-refractivity contribution is 5.64. The molecule has 0 spiro atoms. The van der Waals surface area contributed by atoms with Crippen molar-refractivity contribution in [3.05, 3.63) is 22.2 Å². The summed E-state index contributed by atoms with van der Waals surface area (Å²) in [5, 5.41) is 21.7. The van der Waals surface area contributed by atoms with Crippen molar-refractivity contribution in [1.29, 1.82) is 0 Å². The first kappa shape index (κ1) is 14.8. The van der Waals surface area contributed by atoms with E-state index in [9.17, 15) is 14.9 Å². The lowest BCUT2D eigenvalue weighted by Crippen LogP contribution is -2.41. The summed E-state index contributed by atoms with van der Waals surface area (Å²) in [7, 11) is 0. The number of amides is 1. The first-order valence-electron chi connectivity index (χ1n) is 6.60. The van der Waals surface area contributed by atoms with Crippen LogP contribution in [0.5, 0.6) is 0 Å². The fourth-order valence-corrected chi connectivity index (χ4v) is 2.46. The topological polar surface area (TPSA) is 135 Å². The standard InChI is InChI=1S/C12H17N5O4/c13-11-9(17(20)21)3-4-10(15-11)16-5-1-2-8(7-16)6-14-12(18)19/h3-4,8,14H,1-2,5-7H2,(H2,13,15)(H,18,19). The SMILES string of the molecule is Nc1nc(N2CCCC(CNC(=O)O)C2)ccc1[N+](=O)[O-]. The molecule has 1 unspecified atom stereocenters. The molecule has 2 heterocycles. The van der Waals surface area contributed by atoms with E-state index in [2.05, 4.69) is 10.3 Å². The number of carbonyl (C=O) groups is 1. The van der Waals surface area contributed by atoms with Gasteiger partial charge in [-0.1, -0.05) is 0 Å². The van der Waals surface area contributed by atoms with E-state index in [0.29, 0.717) is 18.9 Å². The molecule has 0 radical (unpaired) electrons. The molecular formula is C12H17N5O4. The first-order chi connectivity index (χ1) is 9.97. The normalized spacial score (nSPS) is 18.3. The van der Waals surface area contributed by atoms with E-state index in [1.165, 1.54) is 6.07 Å². The number of nitrogen functional groups attached to an aromatic ring is 1. The van der Waals surface area contributed by atoms with Crippen LogP contribution in [0.4, 0.5) is 22.1 Å². The van der Waals surface area contributed by atoms with Gasteiger partial charge in [-0.3, -0.25) is 10.1 Å². The molecule has 1 aliphatic heterocycles. The maximum absolute atomic E-state index is 10.7. The number of aromatic nitrogens is 1. The van der Waals surface area contributed by atoms with Crippen molar-refractivity contribution in [1.82, 2.24) is 10.3 Å². The lowest BCUT2D eigenvalue weighted by Gasteiger charge is -2.33. The van der Waals surface area contributed by atoms with E-state index < -0.39 is 11.0 Å². The third-order valence-electron chi connectivity index (χ3n) is 3.47.